The van der Waals surface area contributed by atoms with Crippen LogP contribution in [0.3, 0.4) is 0 Å². The third-order valence-corrected chi connectivity index (χ3v) is 9.57. The number of rotatable bonds is 16. The van der Waals surface area contributed by atoms with E-state index in [0.717, 1.165) is 33.2 Å². The molecule has 3 rings (SSSR count). The highest BCUT2D eigenvalue weighted by atomic mass is 32.2. The van der Waals surface area contributed by atoms with Crippen LogP contribution in [0.5, 0.6) is 5.75 Å². The monoisotopic (exact) mass is 625 g/mol. The summed E-state index contributed by atoms with van der Waals surface area (Å²) in [4.78, 5) is 30.1. The Labute approximate surface area is 260 Å². The summed E-state index contributed by atoms with van der Waals surface area (Å²) in [6, 6.07) is 20.3. The predicted molar refractivity (Wildman–Crippen MR) is 174 cm³/mol. The molecule has 0 radical (unpaired) electrons. The van der Waals surface area contributed by atoms with Gasteiger partial charge in [0.2, 0.25) is 11.8 Å². The normalized spacial score (nSPS) is 11.9. The highest BCUT2D eigenvalue weighted by molar-refractivity contribution is 7.98. The number of aryl methyl sites for hydroxylation is 1. The molecule has 0 aliphatic heterocycles. The van der Waals surface area contributed by atoms with E-state index in [1.807, 2.05) is 58.2 Å². The highest BCUT2D eigenvalue weighted by Crippen LogP contribution is 2.33. The van der Waals surface area contributed by atoms with Gasteiger partial charge in [0.25, 0.3) is 10.0 Å². The van der Waals surface area contributed by atoms with Crippen molar-refractivity contribution < 1.29 is 22.7 Å². The molecule has 3 aromatic carbocycles. The third kappa shape index (κ3) is 9.00. The lowest BCUT2D eigenvalue weighted by Gasteiger charge is -2.33. The van der Waals surface area contributed by atoms with Crippen LogP contribution in [0.25, 0.3) is 0 Å². The summed E-state index contributed by atoms with van der Waals surface area (Å²) in [5, 5.41) is 2.96. The number of amides is 2. The molecule has 232 valence electrons. The Bertz CT molecular complexity index is 1440. The van der Waals surface area contributed by atoms with Gasteiger partial charge >= 0.3 is 0 Å². The van der Waals surface area contributed by atoms with Gasteiger partial charge in [0, 0.05) is 18.0 Å². The molecular formula is C33H43N3O5S2. The second-order valence-corrected chi connectivity index (χ2v) is 12.9. The largest absolute Gasteiger partial charge is 0.492 e. The smallest absolute Gasteiger partial charge is 0.264 e. The van der Waals surface area contributed by atoms with E-state index in [4.69, 9.17) is 4.74 Å². The van der Waals surface area contributed by atoms with Crippen molar-refractivity contribution in [3.63, 3.8) is 0 Å². The average Bonchev–Trinajstić information content (AvgIpc) is 3.01. The van der Waals surface area contributed by atoms with Crippen LogP contribution in [0.2, 0.25) is 0 Å². The maximum atomic E-state index is 14.3. The fourth-order valence-corrected chi connectivity index (χ4v) is 6.48. The van der Waals surface area contributed by atoms with Gasteiger partial charge in [0.15, 0.2) is 0 Å². The van der Waals surface area contributed by atoms with E-state index in [1.165, 1.54) is 16.7 Å². The molecule has 0 fully saturated rings. The molecule has 0 bridgehead atoms. The Kier molecular flexibility index (Phi) is 12.9. The zero-order valence-corrected chi connectivity index (χ0v) is 27.3. The molecule has 1 N–H and O–H groups in total. The van der Waals surface area contributed by atoms with Crippen LogP contribution in [0.4, 0.5) is 5.69 Å². The number of unbranched alkanes of at least 4 members (excludes halogenated alkanes) is 1. The number of hydrogen-bond acceptors (Lipinski definition) is 6. The lowest BCUT2D eigenvalue weighted by Crippen LogP contribution is -2.52. The van der Waals surface area contributed by atoms with E-state index >= 15 is 0 Å². The lowest BCUT2D eigenvalue weighted by molar-refractivity contribution is -0.140. The second-order valence-electron chi connectivity index (χ2n) is 10.2. The fraction of sp³-hybridized carbons (Fsp3) is 0.394. The van der Waals surface area contributed by atoms with E-state index in [1.54, 1.807) is 48.5 Å². The summed E-state index contributed by atoms with van der Waals surface area (Å²) in [7, 11) is -4.20. The number of nitrogens with zero attached hydrogens (tertiary/aromatic N) is 2. The average molecular weight is 626 g/mol. The van der Waals surface area contributed by atoms with Crippen molar-refractivity contribution in [2.75, 3.05) is 30.3 Å². The molecule has 0 aromatic heterocycles. The quantitative estimate of drug-likeness (QED) is 0.154. The Morgan fingerprint density at radius 1 is 0.953 bits per heavy atom. The van der Waals surface area contributed by atoms with Crippen LogP contribution >= 0.6 is 11.8 Å². The number of carbonyl (C=O) groups excluding carboxylic acids is 2. The molecule has 0 heterocycles. The van der Waals surface area contributed by atoms with Gasteiger partial charge in [0.1, 0.15) is 18.3 Å². The molecular weight excluding hydrogens is 583 g/mol. The van der Waals surface area contributed by atoms with Crippen molar-refractivity contribution in [3.05, 3.63) is 83.9 Å². The van der Waals surface area contributed by atoms with Gasteiger partial charge in [-0.1, -0.05) is 62.2 Å². The van der Waals surface area contributed by atoms with E-state index < -0.39 is 28.5 Å². The van der Waals surface area contributed by atoms with Crippen molar-refractivity contribution in [2.24, 2.45) is 0 Å². The number of anilines is 1. The standard InChI is InChI=1S/C33H43N3O5S2/c1-6-9-22-34-33(38)29(7-2)35(23-26-16-14-25(4)15-17-26)32(37)24-36(30-12-10-11-13-31(30)41-8-3)43(39,40)28-20-18-27(42-5)19-21-28/h10-21,29H,6-9,22-24H2,1-5H3,(H,34,38)/t29-/m1/s1. The molecule has 0 spiro atoms. The summed E-state index contributed by atoms with van der Waals surface area (Å²) >= 11 is 1.51. The Morgan fingerprint density at radius 2 is 1.63 bits per heavy atom. The van der Waals surface area contributed by atoms with E-state index in [-0.39, 0.29) is 23.0 Å². The molecule has 0 aliphatic rings. The molecule has 3 aromatic rings. The van der Waals surface area contributed by atoms with Crippen LogP contribution in [-0.2, 0) is 26.2 Å². The number of nitrogens with one attached hydrogen (secondary N) is 1. The first-order valence-corrected chi connectivity index (χ1v) is 17.3. The maximum Gasteiger partial charge on any atom is 0.264 e. The zero-order valence-electron chi connectivity index (χ0n) is 25.7. The third-order valence-electron chi connectivity index (χ3n) is 7.05. The number of thioether (sulfide) groups is 1. The molecule has 10 heteroatoms. The van der Waals surface area contributed by atoms with Crippen LogP contribution in [-0.4, -0.2) is 57.1 Å². The summed E-state index contributed by atoms with van der Waals surface area (Å²) < 4.78 is 35.3. The number of ether oxygens (including phenoxy) is 1. The van der Waals surface area contributed by atoms with Gasteiger partial charge in [-0.3, -0.25) is 13.9 Å². The molecule has 8 nitrogen and oxygen atoms in total. The molecule has 0 aliphatic carbocycles. The zero-order chi connectivity index (χ0) is 31.4. The summed E-state index contributed by atoms with van der Waals surface area (Å²) in [6.45, 7) is 8.15. The number of benzene rings is 3. The molecule has 0 unspecified atom stereocenters. The number of hydrogen-bond donors (Lipinski definition) is 1. The molecule has 2 amide bonds. The summed E-state index contributed by atoms with van der Waals surface area (Å²) in [5.41, 5.74) is 2.17. The van der Waals surface area contributed by atoms with E-state index in [9.17, 15) is 18.0 Å². The minimum atomic E-state index is -4.20. The van der Waals surface area contributed by atoms with Crippen molar-refractivity contribution in [2.45, 2.75) is 69.3 Å². The van der Waals surface area contributed by atoms with Crippen molar-refractivity contribution in [1.82, 2.24) is 10.2 Å². The number of para-hydroxylation sites is 2. The molecule has 1 atom stereocenters. The van der Waals surface area contributed by atoms with Gasteiger partial charge in [-0.05, 0) is 74.9 Å². The van der Waals surface area contributed by atoms with Crippen molar-refractivity contribution in [1.29, 1.82) is 0 Å². The van der Waals surface area contributed by atoms with E-state index in [2.05, 4.69) is 5.32 Å². The minimum Gasteiger partial charge on any atom is -0.492 e. The SMILES string of the molecule is CCCCNC(=O)[C@@H](CC)N(Cc1ccc(C)cc1)C(=O)CN(c1ccccc1OCC)S(=O)(=O)c1ccc(SC)cc1. The lowest BCUT2D eigenvalue weighted by atomic mass is 10.1. The summed E-state index contributed by atoms with van der Waals surface area (Å²) in [6.07, 6.45) is 4.03. The van der Waals surface area contributed by atoms with Gasteiger partial charge in [-0.25, -0.2) is 8.42 Å². The van der Waals surface area contributed by atoms with Gasteiger partial charge in [0.05, 0.1) is 17.2 Å². The topological polar surface area (TPSA) is 96.0 Å². The first-order valence-electron chi connectivity index (χ1n) is 14.7. The van der Waals surface area contributed by atoms with Crippen molar-refractivity contribution >= 4 is 39.3 Å². The fourth-order valence-electron chi connectivity index (χ4n) is 4.64. The Hall–Kier alpha value is -3.50. The number of sulfonamides is 1. The van der Waals surface area contributed by atoms with Crippen LogP contribution in [0, 0.1) is 6.92 Å². The molecule has 43 heavy (non-hydrogen) atoms. The first-order chi connectivity index (χ1) is 20.7. The second kappa shape index (κ2) is 16.4. The summed E-state index contributed by atoms with van der Waals surface area (Å²) in [5.74, 6) is -0.404. The minimum absolute atomic E-state index is 0.0545. The first kappa shape index (κ1) is 34.0. The van der Waals surface area contributed by atoms with Gasteiger partial charge < -0.3 is 15.0 Å². The van der Waals surface area contributed by atoms with Crippen LogP contribution in [0.1, 0.15) is 51.2 Å². The van der Waals surface area contributed by atoms with Crippen LogP contribution < -0.4 is 14.4 Å². The Balaban J connectivity index is 2.08. The predicted octanol–water partition coefficient (Wildman–Crippen LogP) is 6.03. The van der Waals surface area contributed by atoms with Crippen LogP contribution in [0.15, 0.2) is 82.6 Å². The van der Waals surface area contributed by atoms with Crippen molar-refractivity contribution in [3.8, 4) is 5.75 Å². The highest BCUT2D eigenvalue weighted by Gasteiger charge is 2.34. The maximum absolute atomic E-state index is 14.3. The molecule has 0 saturated heterocycles. The van der Waals surface area contributed by atoms with Gasteiger partial charge in [-0.15, -0.1) is 11.8 Å². The number of carbonyl (C=O) groups is 2. The van der Waals surface area contributed by atoms with E-state index in [0.29, 0.717) is 25.3 Å². The molecule has 0 saturated carbocycles. The Morgan fingerprint density at radius 3 is 2.23 bits per heavy atom. The van der Waals surface area contributed by atoms with Gasteiger partial charge in [-0.2, -0.15) is 0 Å².